The molecule has 0 fully saturated rings. The molecule has 0 aromatic carbocycles. The lowest BCUT2D eigenvalue weighted by molar-refractivity contribution is 0.124. The zero-order valence-corrected chi connectivity index (χ0v) is 9.42. The van der Waals surface area contributed by atoms with Crippen molar-refractivity contribution in [2.24, 2.45) is 0 Å². The van der Waals surface area contributed by atoms with Gasteiger partial charge in [-0.1, -0.05) is 26.7 Å². The third-order valence-corrected chi connectivity index (χ3v) is 2.18. The summed E-state index contributed by atoms with van der Waals surface area (Å²) in [7, 11) is 0. The second kappa shape index (κ2) is 8.52. The number of aliphatic hydroxyl groups excluding tert-OH is 1. The first-order valence-corrected chi connectivity index (χ1v) is 5.61. The van der Waals surface area contributed by atoms with Gasteiger partial charge >= 0.3 is 0 Å². The Labute approximate surface area is 82.9 Å². The molecule has 2 heteroatoms. The van der Waals surface area contributed by atoms with Crippen LogP contribution in [0.15, 0.2) is 0 Å². The maximum atomic E-state index is 9.28. The molecule has 1 N–H and O–H groups in total. The molecule has 0 aromatic heterocycles. The summed E-state index contributed by atoms with van der Waals surface area (Å²) in [5, 5.41) is 9.28. The molecule has 0 aliphatic rings. The molecule has 0 rings (SSSR count). The van der Waals surface area contributed by atoms with Crippen molar-refractivity contribution in [3.63, 3.8) is 0 Å². The molecule has 0 aromatic rings. The maximum Gasteiger partial charge on any atom is 0.0639 e. The van der Waals surface area contributed by atoms with E-state index in [1.165, 1.54) is 25.7 Å². The number of unbranched alkanes of at least 4 members (excludes halogenated alkanes) is 2. The lowest BCUT2D eigenvalue weighted by Gasteiger charge is -2.23. The number of rotatable bonds is 8. The summed E-state index contributed by atoms with van der Waals surface area (Å²) in [6, 6.07) is 0. The van der Waals surface area contributed by atoms with Crippen molar-refractivity contribution in [1.82, 2.24) is 4.90 Å². The Balaban J connectivity index is 3.60. The van der Waals surface area contributed by atoms with Gasteiger partial charge in [0.2, 0.25) is 0 Å². The van der Waals surface area contributed by atoms with Gasteiger partial charge < -0.3 is 10.0 Å². The van der Waals surface area contributed by atoms with Crippen LogP contribution in [0, 0.1) is 0 Å². The molecule has 13 heavy (non-hydrogen) atoms. The highest BCUT2D eigenvalue weighted by atomic mass is 16.3. The zero-order valence-electron chi connectivity index (χ0n) is 9.42. The predicted molar refractivity (Wildman–Crippen MR) is 57.9 cm³/mol. The van der Waals surface area contributed by atoms with Crippen LogP contribution in [0.1, 0.15) is 46.5 Å². The second-order valence-electron chi connectivity index (χ2n) is 3.86. The van der Waals surface area contributed by atoms with Crippen LogP contribution < -0.4 is 0 Å². The largest absolute Gasteiger partial charge is 0.392 e. The number of nitrogens with zero attached hydrogens (tertiary/aromatic N) is 1. The Kier molecular flexibility index (Phi) is 8.46. The summed E-state index contributed by atoms with van der Waals surface area (Å²) in [6.45, 7) is 9.40. The Morgan fingerprint density at radius 1 is 1.08 bits per heavy atom. The van der Waals surface area contributed by atoms with Crippen LogP contribution in [0.3, 0.4) is 0 Å². The fourth-order valence-electron chi connectivity index (χ4n) is 1.43. The molecular formula is C11H25NO. The first-order valence-electron chi connectivity index (χ1n) is 5.61. The van der Waals surface area contributed by atoms with E-state index in [4.69, 9.17) is 0 Å². The Hall–Kier alpha value is -0.0800. The summed E-state index contributed by atoms with van der Waals surface area (Å²) in [6.07, 6.45) is 4.78. The summed E-state index contributed by atoms with van der Waals surface area (Å²) < 4.78 is 0. The van der Waals surface area contributed by atoms with E-state index in [9.17, 15) is 5.11 Å². The molecule has 0 amide bonds. The summed E-state index contributed by atoms with van der Waals surface area (Å²) >= 11 is 0. The molecule has 0 bridgehead atoms. The minimum Gasteiger partial charge on any atom is -0.392 e. The Bertz CT molecular complexity index is 96.3. The second-order valence-corrected chi connectivity index (χ2v) is 3.86. The van der Waals surface area contributed by atoms with E-state index in [1.54, 1.807) is 0 Å². The fraction of sp³-hybridized carbons (Fsp3) is 1.00. The van der Waals surface area contributed by atoms with Gasteiger partial charge in [0.25, 0.3) is 0 Å². The van der Waals surface area contributed by atoms with E-state index >= 15 is 0 Å². The zero-order chi connectivity index (χ0) is 10.1. The topological polar surface area (TPSA) is 23.5 Å². The van der Waals surface area contributed by atoms with Gasteiger partial charge in [0.15, 0.2) is 0 Å². The van der Waals surface area contributed by atoms with Gasteiger partial charge in [0.1, 0.15) is 0 Å². The van der Waals surface area contributed by atoms with Crippen molar-refractivity contribution in [3.05, 3.63) is 0 Å². The monoisotopic (exact) mass is 187 g/mol. The van der Waals surface area contributed by atoms with Crippen LogP contribution in [0.25, 0.3) is 0 Å². The van der Waals surface area contributed by atoms with Gasteiger partial charge in [0.05, 0.1) is 6.10 Å². The van der Waals surface area contributed by atoms with Crippen molar-refractivity contribution >= 4 is 0 Å². The van der Waals surface area contributed by atoms with Crippen LogP contribution in [0.2, 0.25) is 0 Å². The Morgan fingerprint density at radius 2 is 1.54 bits per heavy atom. The molecule has 0 spiro atoms. The average Bonchev–Trinajstić information content (AvgIpc) is 2.09. The van der Waals surface area contributed by atoms with Crippen molar-refractivity contribution in [1.29, 1.82) is 0 Å². The summed E-state index contributed by atoms with van der Waals surface area (Å²) in [5.41, 5.74) is 0. The molecule has 0 saturated carbocycles. The lowest BCUT2D eigenvalue weighted by Crippen LogP contribution is -2.32. The van der Waals surface area contributed by atoms with Gasteiger partial charge in [-0.2, -0.15) is 0 Å². The number of aliphatic hydroxyl groups is 1. The molecule has 0 radical (unpaired) electrons. The maximum absolute atomic E-state index is 9.28. The molecule has 2 nitrogen and oxygen atoms in total. The van der Waals surface area contributed by atoms with Crippen molar-refractivity contribution in [3.8, 4) is 0 Å². The SMILES string of the molecule is CCCCN(CCCC)CC(C)O. The highest BCUT2D eigenvalue weighted by molar-refractivity contribution is 4.61. The minimum atomic E-state index is -0.186. The van der Waals surface area contributed by atoms with Gasteiger partial charge in [0, 0.05) is 6.54 Å². The van der Waals surface area contributed by atoms with Crippen LogP contribution in [-0.2, 0) is 0 Å². The molecular weight excluding hydrogens is 162 g/mol. The van der Waals surface area contributed by atoms with E-state index in [-0.39, 0.29) is 6.10 Å². The van der Waals surface area contributed by atoms with Crippen molar-refractivity contribution in [2.75, 3.05) is 19.6 Å². The minimum absolute atomic E-state index is 0.186. The molecule has 0 aliphatic heterocycles. The van der Waals surface area contributed by atoms with Gasteiger partial charge in [-0.05, 0) is 32.9 Å². The summed E-state index contributed by atoms with van der Waals surface area (Å²) in [4.78, 5) is 2.37. The number of hydrogen-bond acceptors (Lipinski definition) is 2. The predicted octanol–water partition coefficient (Wildman–Crippen LogP) is 2.27. The highest BCUT2D eigenvalue weighted by Crippen LogP contribution is 2.00. The van der Waals surface area contributed by atoms with E-state index < -0.39 is 0 Å². The smallest absolute Gasteiger partial charge is 0.0639 e. The molecule has 1 atom stereocenters. The molecule has 0 heterocycles. The fourth-order valence-corrected chi connectivity index (χ4v) is 1.43. The molecule has 0 saturated heterocycles. The van der Waals surface area contributed by atoms with Crippen LogP contribution in [-0.4, -0.2) is 35.7 Å². The molecule has 80 valence electrons. The van der Waals surface area contributed by atoms with E-state index in [2.05, 4.69) is 18.7 Å². The van der Waals surface area contributed by atoms with Crippen LogP contribution >= 0.6 is 0 Å². The van der Waals surface area contributed by atoms with Crippen LogP contribution in [0.4, 0.5) is 0 Å². The first-order chi connectivity index (χ1) is 6.20. The van der Waals surface area contributed by atoms with E-state index in [1.807, 2.05) is 6.92 Å². The van der Waals surface area contributed by atoms with Gasteiger partial charge in [-0.25, -0.2) is 0 Å². The standard InChI is InChI=1S/C11H25NO/c1-4-6-8-12(9-7-5-2)10-11(3)13/h11,13H,4-10H2,1-3H3. The lowest BCUT2D eigenvalue weighted by atomic mass is 10.2. The normalized spacial score (nSPS) is 13.6. The third-order valence-electron chi connectivity index (χ3n) is 2.18. The van der Waals surface area contributed by atoms with Gasteiger partial charge in [-0.15, -0.1) is 0 Å². The van der Waals surface area contributed by atoms with Crippen molar-refractivity contribution < 1.29 is 5.11 Å². The van der Waals surface area contributed by atoms with Crippen LogP contribution in [0.5, 0.6) is 0 Å². The molecule has 1 unspecified atom stereocenters. The van der Waals surface area contributed by atoms with E-state index in [0.29, 0.717) is 0 Å². The highest BCUT2D eigenvalue weighted by Gasteiger charge is 2.06. The average molecular weight is 187 g/mol. The molecule has 0 aliphatic carbocycles. The quantitative estimate of drug-likeness (QED) is 0.630. The van der Waals surface area contributed by atoms with Gasteiger partial charge in [-0.3, -0.25) is 0 Å². The first kappa shape index (κ1) is 12.9. The summed E-state index contributed by atoms with van der Waals surface area (Å²) in [5.74, 6) is 0. The van der Waals surface area contributed by atoms with E-state index in [0.717, 1.165) is 19.6 Å². The third kappa shape index (κ3) is 8.26. The number of hydrogen-bond donors (Lipinski definition) is 1. The van der Waals surface area contributed by atoms with Crippen molar-refractivity contribution in [2.45, 2.75) is 52.6 Å². The Morgan fingerprint density at radius 3 is 1.85 bits per heavy atom.